The zero-order valence-corrected chi connectivity index (χ0v) is 16.3. The summed E-state index contributed by atoms with van der Waals surface area (Å²) < 4.78 is 2.13. The van der Waals surface area contributed by atoms with Crippen molar-refractivity contribution in [2.45, 2.75) is 38.0 Å². The molecule has 0 spiro atoms. The molecule has 3 rings (SSSR count). The van der Waals surface area contributed by atoms with E-state index in [0.29, 0.717) is 12.3 Å². The van der Waals surface area contributed by atoms with Gasteiger partial charge < -0.3 is 9.88 Å². The molecule has 2 aromatic carbocycles. The van der Waals surface area contributed by atoms with Gasteiger partial charge in [-0.1, -0.05) is 79.3 Å². The average molecular weight is 381 g/mol. The number of carbonyl (C=O) groups excluding carboxylic acids is 1. The Morgan fingerprint density at radius 3 is 2.33 bits per heavy atom. The van der Waals surface area contributed by atoms with Gasteiger partial charge in [0, 0.05) is 19.5 Å². The van der Waals surface area contributed by atoms with Crippen LogP contribution in [0.1, 0.15) is 30.3 Å². The lowest BCUT2D eigenvalue weighted by Crippen LogP contribution is -2.24. The molecule has 0 radical (unpaired) electrons. The van der Waals surface area contributed by atoms with Crippen molar-refractivity contribution in [1.29, 1.82) is 0 Å². The summed E-state index contributed by atoms with van der Waals surface area (Å²) >= 11 is 1.44. The maximum absolute atomic E-state index is 12.2. The molecular weight excluding hydrogens is 356 g/mol. The Morgan fingerprint density at radius 2 is 1.67 bits per heavy atom. The third-order valence-corrected chi connectivity index (χ3v) is 5.08. The van der Waals surface area contributed by atoms with Gasteiger partial charge >= 0.3 is 0 Å². The lowest BCUT2D eigenvalue weighted by Gasteiger charge is -2.09. The van der Waals surface area contributed by atoms with Crippen LogP contribution in [0.25, 0.3) is 0 Å². The Balaban J connectivity index is 1.58. The Hall–Kier alpha value is -2.60. The molecule has 0 fully saturated rings. The lowest BCUT2D eigenvalue weighted by molar-refractivity contribution is -0.118. The molecule has 0 aliphatic rings. The van der Waals surface area contributed by atoms with Crippen LogP contribution in [0.5, 0.6) is 0 Å². The molecule has 0 aliphatic carbocycles. The minimum atomic E-state index is -0.000453. The van der Waals surface area contributed by atoms with E-state index in [1.807, 2.05) is 48.5 Å². The molecular formula is C21H24N4OS. The van der Waals surface area contributed by atoms with Crippen molar-refractivity contribution in [3.8, 4) is 0 Å². The Kier molecular flexibility index (Phi) is 7.04. The van der Waals surface area contributed by atoms with Crippen molar-refractivity contribution in [1.82, 2.24) is 20.1 Å². The summed E-state index contributed by atoms with van der Waals surface area (Å²) in [6, 6.07) is 20.2. The molecule has 0 saturated carbocycles. The van der Waals surface area contributed by atoms with Gasteiger partial charge in [-0.2, -0.15) is 0 Å². The highest BCUT2D eigenvalue weighted by Crippen LogP contribution is 2.19. The van der Waals surface area contributed by atoms with Crippen LogP contribution in [0.15, 0.2) is 65.8 Å². The van der Waals surface area contributed by atoms with Crippen LogP contribution in [0.2, 0.25) is 0 Å². The van der Waals surface area contributed by atoms with Crippen molar-refractivity contribution >= 4 is 17.7 Å². The van der Waals surface area contributed by atoms with Crippen LogP contribution < -0.4 is 5.32 Å². The third-order valence-electron chi connectivity index (χ3n) is 4.11. The van der Waals surface area contributed by atoms with Crippen molar-refractivity contribution in [2.24, 2.45) is 0 Å². The number of thioether (sulfide) groups is 1. The summed E-state index contributed by atoms with van der Waals surface area (Å²) in [5.41, 5.74) is 2.30. The summed E-state index contributed by atoms with van der Waals surface area (Å²) in [4.78, 5) is 12.2. The van der Waals surface area contributed by atoms with Crippen molar-refractivity contribution in [3.05, 3.63) is 77.6 Å². The lowest BCUT2D eigenvalue weighted by atomic mass is 10.1. The van der Waals surface area contributed by atoms with Gasteiger partial charge in [-0.3, -0.25) is 4.79 Å². The predicted octanol–water partition coefficient (Wildman–Crippen LogP) is 3.69. The maximum atomic E-state index is 12.2. The first-order chi connectivity index (χ1) is 13.3. The SMILES string of the molecule is CCCn1c(Cc2ccccc2)nnc1SCC(=O)NCc1ccccc1. The molecule has 1 amide bonds. The number of benzene rings is 2. The zero-order valence-electron chi connectivity index (χ0n) is 15.5. The first-order valence-corrected chi connectivity index (χ1v) is 10.1. The fraction of sp³-hybridized carbons (Fsp3) is 0.286. The highest BCUT2D eigenvalue weighted by atomic mass is 32.2. The second-order valence-electron chi connectivity index (χ2n) is 6.26. The molecule has 1 heterocycles. The number of hydrogen-bond acceptors (Lipinski definition) is 4. The van der Waals surface area contributed by atoms with E-state index in [2.05, 4.69) is 39.1 Å². The van der Waals surface area contributed by atoms with Crippen molar-refractivity contribution in [3.63, 3.8) is 0 Å². The monoisotopic (exact) mass is 380 g/mol. The summed E-state index contributed by atoms with van der Waals surface area (Å²) in [5.74, 6) is 1.27. The van der Waals surface area contributed by atoms with Gasteiger partial charge in [0.1, 0.15) is 5.82 Å². The molecule has 1 aromatic heterocycles. The van der Waals surface area contributed by atoms with Gasteiger partial charge in [-0.05, 0) is 17.5 Å². The van der Waals surface area contributed by atoms with Crippen LogP contribution in [-0.4, -0.2) is 26.4 Å². The van der Waals surface area contributed by atoms with Crippen LogP contribution >= 0.6 is 11.8 Å². The fourth-order valence-electron chi connectivity index (χ4n) is 2.76. The molecule has 0 bridgehead atoms. The molecule has 27 heavy (non-hydrogen) atoms. The fourth-order valence-corrected chi connectivity index (χ4v) is 3.57. The average Bonchev–Trinajstić information content (AvgIpc) is 3.08. The normalized spacial score (nSPS) is 10.7. The second-order valence-corrected chi connectivity index (χ2v) is 7.21. The van der Waals surface area contributed by atoms with Gasteiger partial charge in [-0.25, -0.2) is 0 Å². The Bertz CT molecular complexity index is 849. The number of nitrogens with zero attached hydrogens (tertiary/aromatic N) is 3. The molecule has 0 saturated heterocycles. The highest BCUT2D eigenvalue weighted by molar-refractivity contribution is 7.99. The van der Waals surface area contributed by atoms with Crippen LogP contribution in [0.3, 0.4) is 0 Å². The first-order valence-electron chi connectivity index (χ1n) is 9.15. The first kappa shape index (κ1) is 19.2. The van der Waals surface area contributed by atoms with Gasteiger partial charge in [0.2, 0.25) is 5.91 Å². The molecule has 6 heteroatoms. The van der Waals surface area contributed by atoms with Crippen molar-refractivity contribution < 1.29 is 4.79 Å². The number of aromatic nitrogens is 3. The second kappa shape index (κ2) is 9.92. The van der Waals surface area contributed by atoms with E-state index < -0.39 is 0 Å². The van der Waals surface area contributed by atoms with Gasteiger partial charge in [0.15, 0.2) is 5.16 Å². The largest absolute Gasteiger partial charge is 0.351 e. The van der Waals surface area contributed by atoms with Gasteiger partial charge in [0.05, 0.1) is 5.75 Å². The maximum Gasteiger partial charge on any atom is 0.230 e. The van der Waals surface area contributed by atoms with E-state index in [4.69, 9.17) is 0 Å². The van der Waals surface area contributed by atoms with Crippen molar-refractivity contribution in [2.75, 3.05) is 5.75 Å². The Labute approximate surface area is 164 Å². The summed E-state index contributed by atoms with van der Waals surface area (Å²) in [6.07, 6.45) is 1.74. The van der Waals surface area contributed by atoms with E-state index in [9.17, 15) is 4.79 Å². The summed E-state index contributed by atoms with van der Waals surface area (Å²) in [7, 11) is 0. The van der Waals surface area contributed by atoms with E-state index in [1.165, 1.54) is 17.3 Å². The Morgan fingerprint density at radius 1 is 1.00 bits per heavy atom. The quantitative estimate of drug-likeness (QED) is 0.575. The van der Waals surface area contributed by atoms with Crippen LogP contribution in [0.4, 0.5) is 0 Å². The van der Waals surface area contributed by atoms with E-state index >= 15 is 0 Å². The van der Waals surface area contributed by atoms with E-state index in [-0.39, 0.29) is 5.91 Å². The zero-order chi connectivity index (χ0) is 18.9. The van der Waals surface area contributed by atoms with E-state index in [0.717, 1.165) is 35.9 Å². The predicted molar refractivity (Wildman–Crippen MR) is 109 cm³/mol. The van der Waals surface area contributed by atoms with E-state index in [1.54, 1.807) is 0 Å². The molecule has 3 aromatic rings. The molecule has 140 valence electrons. The van der Waals surface area contributed by atoms with Gasteiger partial charge in [0.25, 0.3) is 0 Å². The summed E-state index contributed by atoms with van der Waals surface area (Å²) in [6.45, 7) is 3.53. The number of amides is 1. The number of nitrogens with one attached hydrogen (secondary N) is 1. The van der Waals surface area contributed by atoms with Crippen LogP contribution in [-0.2, 0) is 24.3 Å². The molecule has 0 atom stereocenters. The number of carbonyl (C=O) groups is 1. The standard InChI is InChI=1S/C21H24N4OS/c1-2-13-25-19(14-17-9-5-3-6-10-17)23-24-21(25)27-16-20(26)22-15-18-11-7-4-8-12-18/h3-12H,2,13-16H2,1H3,(H,22,26). The number of rotatable bonds is 9. The molecule has 0 aliphatic heterocycles. The minimum absolute atomic E-state index is 0.000453. The molecule has 5 nitrogen and oxygen atoms in total. The third kappa shape index (κ3) is 5.69. The molecule has 0 unspecified atom stereocenters. The van der Waals surface area contributed by atoms with Crippen LogP contribution in [0, 0.1) is 0 Å². The topological polar surface area (TPSA) is 59.8 Å². The smallest absolute Gasteiger partial charge is 0.230 e. The van der Waals surface area contributed by atoms with Gasteiger partial charge in [-0.15, -0.1) is 10.2 Å². The minimum Gasteiger partial charge on any atom is -0.351 e. The highest BCUT2D eigenvalue weighted by Gasteiger charge is 2.14. The number of hydrogen-bond donors (Lipinski definition) is 1. The summed E-state index contributed by atoms with van der Waals surface area (Å²) in [5, 5.41) is 12.4. The molecule has 1 N–H and O–H groups in total.